The number of aliphatic hydroxyl groups excluding tert-OH is 1. The Morgan fingerprint density at radius 2 is 0.684 bits per heavy atom. The molecule has 13 nitrogen and oxygen atoms in total. The number of aromatic nitrogens is 4. The van der Waals surface area contributed by atoms with Crippen molar-refractivity contribution in [3.8, 4) is 44.5 Å². The third-order valence-corrected chi connectivity index (χ3v) is 16.3. The molecule has 95 heavy (non-hydrogen) atoms. The smallest absolute Gasteiger partial charge is 0.382 e. The van der Waals surface area contributed by atoms with Gasteiger partial charge in [-0.15, -0.1) is 0 Å². The number of hydrogen-bond acceptors (Lipinski definition) is 11. The molecule has 7 aromatic rings. The van der Waals surface area contributed by atoms with E-state index >= 15 is 0 Å². The quantitative estimate of drug-likeness (QED) is 0.0708. The fraction of sp³-hybridized carbons (Fsp3) is 0.250. The molecule has 3 aliphatic heterocycles. The average molecular weight is 1350 g/mol. The first-order valence-electron chi connectivity index (χ1n) is 27.4. The number of benzene rings is 4. The van der Waals surface area contributed by atoms with E-state index < -0.39 is 201 Å². The van der Waals surface area contributed by atoms with Gasteiger partial charge in [-0.1, -0.05) is 24.3 Å². The molecule has 1 unspecified atom stereocenters. The van der Waals surface area contributed by atoms with Crippen molar-refractivity contribution in [1.29, 1.82) is 0 Å². The van der Waals surface area contributed by atoms with Crippen LogP contribution in [0.2, 0.25) is 0 Å². The van der Waals surface area contributed by atoms with Crippen molar-refractivity contribution in [1.82, 2.24) is 19.9 Å². The third-order valence-electron chi connectivity index (χ3n) is 16.3. The molecule has 0 aliphatic carbocycles. The van der Waals surface area contributed by atoms with Crippen LogP contribution in [-0.2, 0) is 61.0 Å². The Bertz CT molecular complexity index is 4440. The van der Waals surface area contributed by atoms with Gasteiger partial charge in [-0.25, -0.2) is 9.97 Å². The van der Waals surface area contributed by atoms with Crippen LogP contribution in [0.15, 0.2) is 103 Å². The number of rotatable bonds is 10. The molecule has 8 bridgehead atoms. The summed E-state index contributed by atoms with van der Waals surface area (Å²) in [7, 11) is 0. The minimum Gasteiger partial charge on any atom is -0.382 e. The highest BCUT2D eigenvalue weighted by molar-refractivity contribution is 6.06. The molecule has 1 fully saturated rings. The molecular weight excluding hydrogens is 1310 g/mol. The standard InChI is InChI=1S/C64H42F18N4O9/c1-26(87)53(91)55-57(93,28(3)89)58(94,29(4)90)56(92,27(2)88)54(95-55)31-7-5-30(6-8-31)49-41-9-11-43(83-41)50(32-17-35(59(65,66)67)23-36(18-32)60(68,69)70)45-13-15-47(85-45)52(34-21-39(63(77,78)79)25-40(22-34)64(80,81)82)48-16-14-46(86-48)51(44-12-10-42(49)84-44)33-19-37(61(71,72)73)24-38(20-33)62(74,75)76/h5-25,53-55,83,86,91-94H,1-4H3/t53?,54-,55+,56-,57+,58+/m0/s1. The van der Waals surface area contributed by atoms with Gasteiger partial charge in [0.2, 0.25) is 0 Å². The molecule has 6 heterocycles. The molecule has 3 aromatic heterocycles. The minimum absolute atomic E-state index is 0.174. The number of nitrogens with zero attached hydrogens (tertiary/aromatic N) is 2. The zero-order chi connectivity index (χ0) is 70.2. The molecule has 498 valence electrons. The summed E-state index contributed by atoms with van der Waals surface area (Å²) in [5, 5.41) is 47.7. The van der Waals surface area contributed by atoms with Gasteiger partial charge in [-0.05, 0) is 159 Å². The van der Waals surface area contributed by atoms with Crippen molar-refractivity contribution in [2.75, 3.05) is 0 Å². The summed E-state index contributed by atoms with van der Waals surface area (Å²) in [4.78, 5) is 67.8. The van der Waals surface area contributed by atoms with Crippen LogP contribution >= 0.6 is 0 Å². The predicted molar refractivity (Wildman–Crippen MR) is 302 cm³/mol. The maximum absolute atomic E-state index is 14.7. The zero-order valence-corrected chi connectivity index (χ0v) is 48.4. The minimum atomic E-state index is -5.56. The Labute approximate surface area is 520 Å². The van der Waals surface area contributed by atoms with Crippen LogP contribution in [0.4, 0.5) is 79.0 Å². The molecule has 31 heteroatoms. The highest BCUT2D eigenvalue weighted by Gasteiger charge is 2.79. The number of H-pyrrole nitrogens is 2. The second kappa shape index (κ2) is 23.0. The second-order valence-electron chi connectivity index (χ2n) is 22.4. The van der Waals surface area contributed by atoms with E-state index in [2.05, 4.69) is 19.9 Å². The number of carbonyl (C=O) groups is 4. The topological polar surface area (TPSA) is 216 Å². The van der Waals surface area contributed by atoms with Crippen LogP contribution in [-0.4, -0.2) is 92.5 Å². The van der Waals surface area contributed by atoms with E-state index in [1.807, 2.05) is 0 Å². The highest BCUT2D eigenvalue weighted by atomic mass is 19.4. The first kappa shape index (κ1) is 68.6. The molecule has 0 amide bonds. The molecule has 10 rings (SSSR count). The molecule has 1 saturated heterocycles. The lowest BCUT2D eigenvalue weighted by Crippen LogP contribution is -2.85. The molecule has 4 aromatic carbocycles. The van der Waals surface area contributed by atoms with E-state index in [-0.39, 0.29) is 76.9 Å². The number of ether oxygens (including phenoxy) is 1. The summed E-state index contributed by atoms with van der Waals surface area (Å²) in [6, 6.07) is 8.76. The van der Waals surface area contributed by atoms with Crippen LogP contribution in [0.1, 0.15) is 95.5 Å². The maximum atomic E-state index is 14.7. The first-order chi connectivity index (χ1) is 43.7. The van der Waals surface area contributed by atoms with Crippen LogP contribution in [0.5, 0.6) is 0 Å². The van der Waals surface area contributed by atoms with Gasteiger partial charge in [-0.2, -0.15) is 79.0 Å². The predicted octanol–water partition coefficient (Wildman–Crippen LogP) is 14.8. The summed E-state index contributed by atoms with van der Waals surface area (Å²) in [5.41, 5.74) is -33.2. The summed E-state index contributed by atoms with van der Waals surface area (Å²) in [6.07, 6.45) is -37.1. The highest BCUT2D eigenvalue weighted by Crippen LogP contribution is 2.54. The number of ketones is 4. The van der Waals surface area contributed by atoms with E-state index in [0.717, 1.165) is 79.8 Å². The largest absolute Gasteiger partial charge is 0.416 e. The molecule has 3 aliphatic rings. The maximum Gasteiger partial charge on any atom is 0.416 e. The van der Waals surface area contributed by atoms with Crippen molar-refractivity contribution in [3.05, 3.63) is 165 Å². The summed E-state index contributed by atoms with van der Waals surface area (Å²) in [5.74, 6) is -6.09. The molecule has 0 saturated carbocycles. The Morgan fingerprint density at radius 1 is 0.411 bits per heavy atom. The van der Waals surface area contributed by atoms with Gasteiger partial charge in [0, 0.05) is 44.3 Å². The van der Waals surface area contributed by atoms with E-state index in [1.165, 1.54) is 0 Å². The number of hydrogen-bond donors (Lipinski definition) is 6. The van der Waals surface area contributed by atoms with Crippen LogP contribution in [0.25, 0.3) is 90.9 Å². The van der Waals surface area contributed by atoms with Gasteiger partial charge in [-0.3, -0.25) is 19.2 Å². The second-order valence-corrected chi connectivity index (χ2v) is 22.4. The summed E-state index contributed by atoms with van der Waals surface area (Å²) in [6.45, 7) is 2.43. The zero-order valence-electron chi connectivity index (χ0n) is 48.4. The fourth-order valence-corrected chi connectivity index (χ4v) is 11.8. The van der Waals surface area contributed by atoms with Gasteiger partial charge in [0.15, 0.2) is 39.9 Å². The van der Waals surface area contributed by atoms with Crippen LogP contribution in [0.3, 0.4) is 0 Å². The molecule has 0 radical (unpaired) electrons. The van der Waals surface area contributed by atoms with Crippen molar-refractivity contribution < 1.29 is 123 Å². The fourth-order valence-electron chi connectivity index (χ4n) is 11.8. The molecular formula is C64H42F18N4O9. The third kappa shape index (κ3) is 11.9. The molecule has 6 N–H and O–H groups in total. The van der Waals surface area contributed by atoms with Crippen LogP contribution < -0.4 is 0 Å². The Kier molecular flexibility index (Phi) is 16.6. The number of nitrogens with one attached hydrogen (secondary N) is 2. The van der Waals surface area contributed by atoms with Crippen molar-refractivity contribution in [2.45, 2.75) is 99.9 Å². The number of Topliss-reactive ketones (excluding diaryl/α,β-unsaturated/α-hetero) is 4. The Morgan fingerprint density at radius 3 is 0.926 bits per heavy atom. The van der Waals surface area contributed by atoms with Crippen molar-refractivity contribution >= 4 is 69.5 Å². The molecule has 0 spiro atoms. The number of halogens is 18. The van der Waals surface area contributed by atoms with Gasteiger partial charge < -0.3 is 35.1 Å². The van der Waals surface area contributed by atoms with Gasteiger partial charge in [0.05, 0.1) is 56.2 Å². The molecule has 6 atom stereocenters. The number of alkyl halides is 18. The van der Waals surface area contributed by atoms with E-state index in [4.69, 9.17) is 4.74 Å². The van der Waals surface area contributed by atoms with E-state index in [9.17, 15) is 119 Å². The monoisotopic (exact) mass is 1350 g/mol. The van der Waals surface area contributed by atoms with Crippen molar-refractivity contribution in [3.63, 3.8) is 0 Å². The van der Waals surface area contributed by atoms with E-state index in [1.54, 1.807) is 0 Å². The lowest BCUT2D eigenvalue weighted by molar-refractivity contribution is -0.329. The van der Waals surface area contributed by atoms with Gasteiger partial charge >= 0.3 is 37.1 Å². The normalized spacial score (nSPS) is 20.7. The number of carbonyl (C=O) groups excluding carboxylic acids is 4. The number of aromatic amines is 2. The summed E-state index contributed by atoms with van der Waals surface area (Å²) < 4.78 is 270. The van der Waals surface area contributed by atoms with Gasteiger partial charge in [0.1, 0.15) is 18.3 Å². The Hall–Kier alpha value is -9.30. The first-order valence-corrected chi connectivity index (χ1v) is 27.4. The Balaban J connectivity index is 1.38. The lowest BCUT2D eigenvalue weighted by atomic mass is 9.57. The summed E-state index contributed by atoms with van der Waals surface area (Å²) >= 11 is 0. The number of fused-ring (bicyclic) bond motifs is 8. The van der Waals surface area contributed by atoms with Crippen LogP contribution in [0, 0.1) is 0 Å². The number of aliphatic hydroxyl groups is 4. The van der Waals surface area contributed by atoms with Crippen molar-refractivity contribution in [2.24, 2.45) is 0 Å². The lowest BCUT2D eigenvalue weighted by Gasteiger charge is -2.58. The average Bonchev–Trinajstić information content (AvgIpc) is 0.938. The van der Waals surface area contributed by atoms with Gasteiger partial charge in [0.25, 0.3) is 0 Å². The van der Waals surface area contributed by atoms with E-state index in [0.29, 0.717) is 20.8 Å². The SMILES string of the molecule is CC(=O)C(O)[C@H]1O[C@@H](c2ccc(-c3c4nc(c(-c5cc(C(F)(F)F)cc(C(F)(F)F)c5)c5ccc([nH]5)c(-c5cc(C(F)(F)F)cc(C(F)(F)F)c5)c5nc(c(-c6cc(C(F)(F)F)cc(C(F)(F)F)c6)c6ccc3[nH]6)C=C5)C=C4)cc2)[C@@](O)(C(C)=O)[C@](O)(C(C)=O)[C@@]1(O)C(C)=O.